The van der Waals surface area contributed by atoms with Crippen molar-refractivity contribution in [2.45, 2.75) is 5.41 Å². The monoisotopic (exact) mass is 715 g/mol. The summed E-state index contributed by atoms with van der Waals surface area (Å²) in [6, 6.07) is 71.8. The molecular formula is C53H33NO2. The van der Waals surface area contributed by atoms with Crippen LogP contribution in [-0.2, 0) is 5.41 Å². The smallest absolute Gasteiger partial charge is 0.156 e. The Morgan fingerprint density at radius 2 is 0.982 bits per heavy atom. The lowest BCUT2D eigenvalue weighted by Gasteiger charge is -2.41. The van der Waals surface area contributed by atoms with E-state index in [1.807, 2.05) is 6.07 Å². The highest BCUT2D eigenvalue weighted by molar-refractivity contribution is 6.19. The first-order valence-electron chi connectivity index (χ1n) is 19.2. The minimum absolute atomic E-state index is 0.580. The summed E-state index contributed by atoms with van der Waals surface area (Å²) < 4.78 is 13.8. The number of ether oxygens (including phenoxy) is 1. The fourth-order valence-corrected chi connectivity index (χ4v) is 9.59. The van der Waals surface area contributed by atoms with E-state index < -0.39 is 5.41 Å². The van der Waals surface area contributed by atoms with Crippen molar-refractivity contribution < 1.29 is 9.15 Å². The van der Waals surface area contributed by atoms with Crippen molar-refractivity contribution in [1.29, 1.82) is 0 Å². The average Bonchev–Trinajstić information content (AvgIpc) is 3.79. The van der Waals surface area contributed by atoms with E-state index in [1.54, 1.807) is 0 Å². The molecule has 3 nitrogen and oxygen atoms in total. The standard InChI is InChI=1S/C53H33NO2/c1-2-15-34(16-3-1)35-29-31-36(32-30-35)54(48-33-42-40-20-8-12-27-49(40)55-51(42)41-21-5-4-19-39(41)48)47-26-14-25-46-52(47)56-50-28-13-11-24-45(50)53(46)43-22-9-6-17-37(43)38-18-7-10-23-44(38)53/h1-33H. The fourth-order valence-electron chi connectivity index (χ4n) is 9.59. The van der Waals surface area contributed by atoms with E-state index >= 15 is 0 Å². The van der Waals surface area contributed by atoms with Crippen molar-refractivity contribution in [2.75, 3.05) is 4.90 Å². The second-order valence-electron chi connectivity index (χ2n) is 14.8. The molecule has 1 aliphatic carbocycles. The van der Waals surface area contributed by atoms with Crippen LogP contribution in [0.15, 0.2) is 205 Å². The van der Waals surface area contributed by atoms with Crippen LogP contribution in [-0.4, -0.2) is 0 Å². The van der Waals surface area contributed by atoms with Crippen LogP contribution in [0.5, 0.6) is 11.5 Å². The highest BCUT2D eigenvalue weighted by Crippen LogP contribution is 2.64. The maximum atomic E-state index is 7.24. The number of rotatable bonds is 4. The van der Waals surface area contributed by atoms with Gasteiger partial charge in [0, 0.05) is 38.4 Å². The largest absolute Gasteiger partial charge is 0.455 e. The molecule has 0 N–H and O–H groups in total. The Balaban J connectivity index is 1.18. The summed E-state index contributed by atoms with van der Waals surface area (Å²) in [5.74, 6) is 1.70. The van der Waals surface area contributed by atoms with Gasteiger partial charge in [-0.2, -0.15) is 0 Å². The lowest BCUT2D eigenvalue weighted by Crippen LogP contribution is -2.32. The van der Waals surface area contributed by atoms with E-state index in [0.717, 1.165) is 78.0 Å². The highest BCUT2D eigenvalue weighted by Gasteiger charge is 2.51. The average molecular weight is 716 g/mol. The van der Waals surface area contributed by atoms with E-state index in [0.29, 0.717) is 0 Å². The van der Waals surface area contributed by atoms with Gasteiger partial charge in [-0.3, -0.25) is 0 Å². The van der Waals surface area contributed by atoms with Crippen LogP contribution in [0.4, 0.5) is 17.1 Å². The molecular weight excluding hydrogens is 683 g/mol. The molecule has 0 saturated carbocycles. The molecule has 2 heterocycles. The zero-order valence-corrected chi connectivity index (χ0v) is 30.3. The van der Waals surface area contributed by atoms with Crippen LogP contribution < -0.4 is 9.64 Å². The second-order valence-corrected chi connectivity index (χ2v) is 14.8. The first-order chi connectivity index (χ1) is 27.8. The summed E-state index contributed by atoms with van der Waals surface area (Å²) >= 11 is 0. The molecule has 0 saturated heterocycles. The zero-order valence-electron chi connectivity index (χ0n) is 30.3. The minimum Gasteiger partial charge on any atom is -0.455 e. The van der Waals surface area contributed by atoms with Crippen LogP contribution in [0.2, 0.25) is 0 Å². The number of para-hydroxylation sites is 3. The second kappa shape index (κ2) is 11.8. The van der Waals surface area contributed by atoms with Crippen LogP contribution in [0.1, 0.15) is 22.3 Å². The molecule has 0 atom stereocenters. The number of fused-ring (bicyclic) bond motifs is 14. The molecule has 0 radical (unpaired) electrons. The molecule has 56 heavy (non-hydrogen) atoms. The van der Waals surface area contributed by atoms with Crippen LogP contribution in [0.3, 0.4) is 0 Å². The number of anilines is 3. The third kappa shape index (κ3) is 4.22. The Hall–Kier alpha value is -7.36. The number of nitrogens with zero attached hydrogens (tertiary/aromatic N) is 1. The minimum atomic E-state index is -0.580. The summed E-state index contributed by atoms with van der Waals surface area (Å²) in [6.07, 6.45) is 0. The maximum absolute atomic E-state index is 7.24. The molecule has 2 aliphatic rings. The van der Waals surface area contributed by atoms with E-state index in [2.05, 4.69) is 199 Å². The Morgan fingerprint density at radius 1 is 0.393 bits per heavy atom. The summed E-state index contributed by atoms with van der Waals surface area (Å²) in [5, 5.41) is 4.32. The number of furan rings is 1. The lowest BCUT2D eigenvalue weighted by molar-refractivity contribution is 0.437. The summed E-state index contributed by atoms with van der Waals surface area (Å²) in [6.45, 7) is 0. The Bertz CT molecular complexity index is 3130. The SMILES string of the molecule is c1ccc(-c2ccc(N(c3cccc4c3Oc3ccccc3C43c4ccccc4-c4ccccc43)c3cc4c5ccccc5oc4c4ccccc34)cc2)cc1. The normalized spacial score (nSPS) is 13.3. The molecule has 0 amide bonds. The summed E-state index contributed by atoms with van der Waals surface area (Å²) in [7, 11) is 0. The van der Waals surface area contributed by atoms with Crippen molar-refractivity contribution in [3.05, 3.63) is 222 Å². The van der Waals surface area contributed by atoms with Crippen LogP contribution in [0.25, 0.3) is 55.0 Å². The lowest BCUT2D eigenvalue weighted by atomic mass is 9.66. The van der Waals surface area contributed by atoms with E-state index in [9.17, 15) is 0 Å². The quantitative estimate of drug-likeness (QED) is 0.181. The van der Waals surface area contributed by atoms with E-state index in [4.69, 9.17) is 9.15 Å². The molecule has 0 bridgehead atoms. The predicted octanol–water partition coefficient (Wildman–Crippen LogP) is 14.3. The molecule has 10 aromatic rings. The molecule has 12 rings (SSSR count). The number of hydrogen-bond acceptors (Lipinski definition) is 3. The summed E-state index contributed by atoms with van der Waals surface area (Å²) in [4.78, 5) is 2.39. The number of hydrogen-bond donors (Lipinski definition) is 0. The highest BCUT2D eigenvalue weighted by atomic mass is 16.5. The van der Waals surface area contributed by atoms with E-state index in [-0.39, 0.29) is 0 Å². The molecule has 1 aromatic heterocycles. The first-order valence-corrected chi connectivity index (χ1v) is 19.2. The van der Waals surface area contributed by atoms with Crippen molar-refractivity contribution in [3.8, 4) is 33.8 Å². The van der Waals surface area contributed by atoms with Crippen molar-refractivity contribution >= 4 is 49.8 Å². The molecule has 1 aliphatic heterocycles. The molecule has 9 aromatic carbocycles. The van der Waals surface area contributed by atoms with Gasteiger partial charge in [-0.1, -0.05) is 164 Å². The molecule has 262 valence electrons. The van der Waals surface area contributed by atoms with Gasteiger partial charge >= 0.3 is 0 Å². The van der Waals surface area contributed by atoms with Gasteiger partial charge in [0.05, 0.1) is 16.8 Å². The van der Waals surface area contributed by atoms with Gasteiger partial charge in [0.15, 0.2) is 5.75 Å². The molecule has 1 spiro atoms. The molecule has 0 fully saturated rings. The topological polar surface area (TPSA) is 25.6 Å². The van der Waals surface area contributed by atoms with Crippen molar-refractivity contribution in [1.82, 2.24) is 0 Å². The van der Waals surface area contributed by atoms with Crippen molar-refractivity contribution in [3.63, 3.8) is 0 Å². The van der Waals surface area contributed by atoms with E-state index in [1.165, 1.54) is 27.8 Å². The zero-order chi connectivity index (χ0) is 36.8. The fraction of sp³-hybridized carbons (Fsp3) is 0.0189. The van der Waals surface area contributed by atoms with Gasteiger partial charge in [-0.25, -0.2) is 0 Å². The first kappa shape index (κ1) is 31.0. The van der Waals surface area contributed by atoms with Crippen LogP contribution >= 0.6 is 0 Å². The number of benzene rings is 9. The van der Waals surface area contributed by atoms with Gasteiger partial charge in [0.1, 0.15) is 16.9 Å². The van der Waals surface area contributed by atoms with Crippen molar-refractivity contribution in [2.24, 2.45) is 0 Å². The third-order valence-electron chi connectivity index (χ3n) is 11.9. The Labute approximate surface area is 324 Å². The summed E-state index contributed by atoms with van der Waals surface area (Å²) in [5.41, 5.74) is 13.9. The van der Waals surface area contributed by atoms with Gasteiger partial charge in [-0.15, -0.1) is 0 Å². The Kier molecular flexibility index (Phi) is 6.55. The Morgan fingerprint density at radius 3 is 1.75 bits per heavy atom. The third-order valence-corrected chi connectivity index (χ3v) is 11.9. The van der Waals surface area contributed by atoms with Gasteiger partial charge in [0.25, 0.3) is 0 Å². The van der Waals surface area contributed by atoms with Gasteiger partial charge in [0.2, 0.25) is 0 Å². The van der Waals surface area contributed by atoms with Gasteiger partial charge < -0.3 is 14.1 Å². The molecule has 3 heteroatoms. The van der Waals surface area contributed by atoms with Crippen LogP contribution in [0, 0.1) is 0 Å². The maximum Gasteiger partial charge on any atom is 0.156 e. The predicted molar refractivity (Wildman–Crippen MR) is 229 cm³/mol. The van der Waals surface area contributed by atoms with Gasteiger partial charge in [-0.05, 0) is 69.8 Å². The molecule has 0 unspecified atom stereocenters.